The Kier molecular flexibility index (Phi) is 9.59. The molecule has 0 bridgehead atoms. The Bertz CT molecular complexity index is 1430. The van der Waals surface area contributed by atoms with Crippen LogP contribution in [-0.4, -0.2) is 55.0 Å². The zero-order chi connectivity index (χ0) is 27.9. The fourth-order valence-corrected chi connectivity index (χ4v) is 5.17. The van der Waals surface area contributed by atoms with Crippen LogP contribution < -0.4 is 28.7 Å². The number of sulfonamides is 1. The number of hydrazone groups is 1. The van der Waals surface area contributed by atoms with Crippen molar-refractivity contribution in [1.29, 1.82) is 0 Å². The summed E-state index contributed by atoms with van der Waals surface area (Å²) in [6, 6.07) is 16.2. The van der Waals surface area contributed by atoms with Gasteiger partial charge in [0.2, 0.25) is 0 Å². The molecule has 3 aromatic carbocycles. The normalized spacial score (nSPS) is 11.5. The van der Waals surface area contributed by atoms with Gasteiger partial charge < -0.3 is 18.9 Å². The van der Waals surface area contributed by atoms with Gasteiger partial charge in [0.15, 0.2) is 11.5 Å². The first-order valence-corrected chi connectivity index (χ1v) is 13.4. The van der Waals surface area contributed by atoms with Gasteiger partial charge in [0.25, 0.3) is 15.9 Å². The first-order chi connectivity index (χ1) is 18.1. The van der Waals surface area contributed by atoms with E-state index < -0.39 is 22.5 Å². The van der Waals surface area contributed by atoms with Gasteiger partial charge in [-0.3, -0.25) is 9.10 Å². The fraction of sp³-hybridized carbons (Fsp3) is 0.231. The summed E-state index contributed by atoms with van der Waals surface area (Å²) in [7, 11) is 1.38. The summed E-state index contributed by atoms with van der Waals surface area (Å²) >= 11 is 3.38. The summed E-state index contributed by atoms with van der Waals surface area (Å²) in [6.45, 7) is 1.13. The maximum Gasteiger partial charge on any atom is 0.265 e. The van der Waals surface area contributed by atoms with E-state index in [1.54, 1.807) is 19.1 Å². The molecule has 0 spiro atoms. The van der Waals surface area contributed by atoms with Crippen molar-refractivity contribution in [2.75, 3.05) is 39.3 Å². The standard InChI is InChI=1S/C26H28BrN3O7S/c1-17(18-6-8-19(27)9-7-18)28-29-26(31)16-30(22-14-20(34-2)10-12-23(22)35-3)38(32,33)21-11-13-24(36-4)25(15-21)37-5/h6-15H,16H2,1-5H3,(H,29,31)/b28-17-. The molecule has 0 aliphatic carbocycles. The van der Waals surface area contributed by atoms with Crippen molar-refractivity contribution in [3.05, 3.63) is 70.7 Å². The molecule has 0 aromatic heterocycles. The summed E-state index contributed by atoms with van der Waals surface area (Å²) in [5.74, 6) is 0.489. The third-order valence-electron chi connectivity index (χ3n) is 5.50. The third kappa shape index (κ3) is 6.56. The summed E-state index contributed by atoms with van der Waals surface area (Å²) in [5, 5.41) is 4.14. The third-order valence-corrected chi connectivity index (χ3v) is 7.78. The molecule has 0 saturated heterocycles. The van der Waals surface area contributed by atoms with Gasteiger partial charge in [0, 0.05) is 16.6 Å². The Labute approximate surface area is 230 Å². The molecular weight excluding hydrogens is 578 g/mol. The summed E-state index contributed by atoms with van der Waals surface area (Å²) in [5.41, 5.74) is 3.87. The zero-order valence-corrected chi connectivity index (χ0v) is 23.9. The Balaban J connectivity index is 2.03. The van der Waals surface area contributed by atoms with E-state index in [0.29, 0.717) is 17.2 Å². The number of carbonyl (C=O) groups is 1. The van der Waals surface area contributed by atoms with Crippen LogP contribution in [0.25, 0.3) is 0 Å². The molecule has 12 heteroatoms. The Morgan fingerprint density at radius 1 is 0.868 bits per heavy atom. The fourth-order valence-electron chi connectivity index (χ4n) is 3.46. The minimum absolute atomic E-state index is 0.102. The number of halogens is 1. The largest absolute Gasteiger partial charge is 0.497 e. The van der Waals surface area contributed by atoms with Crippen LogP contribution in [0.3, 0.4) is 0 Å². The predicted molar refractivity (Wildman–Crippen MR) is 148 cm³/mol. The highest BCUT2D eigenvalue weighted by molar-refractivity contribution is 9.10. The lowest BCUT2D eigenvalue weighted by Gasteiger charge is -2.26. The van der Waals surface area contributed by atoms with Crippen LogP contribution in [0, 0.1) is 0 Å². The van der Waals surface area contributed by atoms with E-state index in [1.165, 1.54) is 52.7 Å². The molecule has 0 heterocycles. The van der Waals surface area contributed by atoms with E-state index in [2.05, 4.69) is 26.5 Å². The molecule has 1 amide bonds. The van der Waals surface area contributed by atoms with Gasteiger partial charge in [0.05, 0.1) is 44.7 Å². The number of rotatable bonds is 11. The van der Waals surface area contributed by atoms with Crippen molar-refractivity contribution in [3.8, 4) is 23.0 Å². The highest BCUT2D eigenvalue weighted by atomic mass is 79.9. The van der Waals surface area contributed by atoms with Crippen LogP contribution in [0.4, 0.5) is 5.69 Å². The summed E-state index contributed by atoms with van der Waals surface area (Å²) in [6.07, 6.45) is 0. The van der Waals surface area contributed by atoms with Crippen molar-refractivity contribution in [3.63, 3.8) is 0 Å². The van der Waals surface area contributed by atoms with Crippen LogP contribution in [0.1, 0.15) is 12.5 Å². The molecule has 1 N–H and O–H groups in total. The van der Waals surface area contributed by atoms with E-state index in [0.717, 1.165) is 14.3 Å². The average Bonchev–Trinajstić information content (AvgIpc) is 2.94. The number of hydrogen-bond donors (Lipinski definition) is 1. The van der Waals surface area contributed by atoms with E-state index in [9.17, 15) is 13.2 Å². The predicted octanol–water partition coefficient (Wildman–Crippen LogP) is 4.22. The molecule has 0 saturated carbocycles. The number of anilines is 1. The molecular formula is C26H28BrN3O7S. The molecule has 3 rings (SSSR count). The Morgan fingerprint density at radius 2 is 1.50 bits per heavy atom. The van der Waals surface area contributed by atoms with Crippen molar-refractivity contribution in [2.24, 2.45) is 5.10 Å². The molecule has 38 heavy (non-hydrogen) atoms. The van der Waals surface area contributed by atoms with Crippen LogP contribution in [-0.2, 0) is 14.8 Å². The van der Waals surface area contributed by atoms with Crippen molar-refractivity contribution in [1.82, 2.24) is 5.43 Å². The van der Waals surface area contributed by atoms with Gasteiger partial charge in [-0.25, -0.2) is 13.8 Å². The second-order valence-electron chi connectivity index (χ2n) is 7.81. The lowest BCUT2D eigenvalue weighted by atomic mass is 10.1. The summed E-state index contributed by atoms with van der Waals surface area (Å²) < 4.78 is 50.9. The molecule has 0 aliphatic heterocycles. The number of nitrogens with one attached hydrogen (secondary N) is 1. The first-order valence-electron chi connectivity index (χ1n) is 11.2. The minimum atomic E-state index is -4.31. The molecule has 0 unspecified atom stereocenters. The van der Waals surface area contributed by atoms with E-state index in [1.807, 2.05) is 24.3 Å². The van der Waals surface area contributed by atoms with Crippen molar-refractivity contribution >= 4 is 43.3 Å². The maximum atomic E-state index is 13.9. The molecule has 0 aliphatic rings. The van der Waals surface area contributed by atoms with Gasteiger partial charge >= 0.3 is 0 Å². The Morgan fingerprint density at radius 3 is 2.11 bits per heavy atom. The molecule has 0 fully saturated rings. The number of methoxy groups -OCH3 is 4. The lowest BCUT2D eigenvalue weighted by Crippen LogP contribution is -2.40. The van der Waals surface area contributed by atoms with Gasteiger partial charge in [-0.2, -0.15) is 5.10 Å². The molecule has 0 atom stereocenters. The molecule has 3 aromatic rings. The van der Waals surface area contributed by atoms with Crippen LogP contribution in [0.2, 0.25) is 0 Å². The SMILES string of the molecule is COc1ccc(OC)c(N(CC(=O)N/N=C(/C)c2ccc(Br)cc2)S(=O)(=O)c2ccc(OC)c(OC)c2)c1. The van der Waals surface area contributed by atoms with Crippen LogP contribution in [0.5, 0.6) is 23.0 Å². The first kappa shape index (κ1) is 28.8. The molecule has 10 nitrogen and oxygen atoms in total. The monoisotopic (exact) mass is 605 g/mol. The number of amides is 1. The number of nitrogens with zero attached hydrogens (tertiary/aromatic N) is 2. The smallest absolute Gasteiger partial charge is 0.265 e. The van der Waals surface area contributed by atoms with Crippen LogP contribution >= 0.6 is 15.9 Å². The maximum absolute atomic E-state index is 13.9. The number of hydrogen-bond acceptors (Lipinski definition) is 8. The highest BCUT2D eigenvalue weighted by Gasteiger charge is 2.31. The second kappa shape index (κ2) is 12.7. The number of ether oxygens (including phenoxy) is 4. The van der Waals surface area contributed by atoms with Crippen molar-refractivity contribution < 1.29 is 32.2 Å². The van der Waals surface area contributed by atoms with Gasteiger partial charge in [-0.1, -0.05) is 28.1 Å². The number of benzene rings is 3. The van der Waals surface area contributed by atoms with E-state index in [4.69, 9.17) is 18.9 Å². The second-order valence-corrected chi connectivity index (χ2v) is 10.6. The van der Waals surface area contributed by atoms with Gasteiger partial charge in [0.1, 0.15) is 18.0 Å². The number of carbonyl (C=O) groups excluding carboxylic acids is 1. The van der Waals surface area contributed by atoms with E-state index in [-0.39, 0.29) is 22.1 Å². The zero-order valence-electron chi connectivity index (χ0n) is 21.5. The van der Waals surface area contributed by atoms with Gasteiger partial charge in [-0.05, 0) is 48.9 Å². The lowest BCUT2D eigenvalue weighted by molar-refractivity contribution is -0.119. The highest BCUT2D eigenvalue weighted by Crippen LogP contribution is 2.37. The quantitative estimate of drug-likeness (QED) is 0.257. The van der Waals surface area contributed by atoms with Crippen LogP contribution in [0.15, 0.2) is 75.1 Å². The van der Waals surface area contributed by atoms with Crippen molar-refractivity contribution in [2.45, 2.75) is 11.8 Å². The van der Waals surface area contributed by atoms with Gasteiger partial charge in [-0.15, -0.1) is 0 Å². The van der Waals surface area contributed by atoms with E-state index >= 15 is 0 Å². The average molecular weight is 606 g/mol. The topological polar surface area (TPSA) is 116 Å². The Hall–Kier alpha value is -3.77. The molecule has 202 valence electrons. The summed E-state index contributed by atoms with van der Waals surface area (Å²) in [4.78, 5) is 12.9. The minimum Gasteiger partial charge on any atom is -0.497 e. The molecule has 0 radical (unpaired) electrons.